The standard InChI is InChI=1S/C17H24N4O2/c1-17(2,3)23-16(22)21-10-6-8-14(12-21)20(4)15-13(11-18)7-5-9-19-15/h5,7,9,14H,6,8,10,12H2,1-4H3. The number of nitrogens with zero attached hydrogens (tertiary/aromatic N) is 4. The number of carbonyl (C=O) groups is 1. The Morgan fingerprint density at radius 1 is 1.52 bits per heavy atom. The predicted octanol–water partition coefficient (Wildman–Crippen LogP) is 2.79. The quantitative estimate of drug-likeness (QED) is 0.839. The molecule has 1 aliphatic heterocycles. The Labute approximate surface area is 137 Å². The number of hydrogen-bond donors (Lipinski definition) is 0. The van der Waals surface area contributed by atoms with E-state index >= 15 is 0 Å². The van der Waals surface area contributed by atoms with Gasteiger partial charge < -0.3 is 14.5 Å². The highest BCUT2D eigenvalue weighted by Crippen LogP contribution is 2.23. The monoisotopic (exact) mass is 316 g/mol. The van der Waals surface area contributed by atoms with E-state index in [1.807, 2.05) is 32.7 Å². The van der Waals surface area contributed by atoms with Crippen molar-refractivity contribution < 1.29 is 9.53 Å². The number of rotatable bonds is 2. The molecule has 1 aromatic heterocycles. The molecule has 1 atom stereocenters. The van der Waals surface area contributed by atoms with Gasteiger partial charge in [0.25, 0.3) is 0 Å². The lowest BCUT2D eigenvalue weighted by molar-refractivity contribution is 0.0199. The molecule has 0 aromatic carbocycles. The first kappa shape index (κ1) is 17.1. The van der Waals surface area contributed by atoms with Crippen molar-refractivity contribution in [3.05, 3.63) is 23.9 Å². The number of likely N-dealkylation sites (N-methyl/N-ethyl adjacent to an activating group) is 1. The van der Waals surface area contributed by atoms with E-state index in [1.54, 1.807) is 23.2 Å². The Bertz CT molecular complexity index is 603. The summed E-state index contributed by atoms with van der Waals surface area (Å²) in [6.07, 6.45) is 3.26. The fourth-order valence-electron chi connectivity index (χ4n) is 2.70. The molecule has 1 fully saturated rings. The van der Waals surface area contributed by atoms with E-state index in [4.69, 9.17) is 4.74 Å². The lowest BCUT2D eigenvalue weighted by atomic mass is 10.0. The second kappa shape index (κ2) is 6.86. The van der Waals surface area contributed by atoms with Gasteiger partial charge in [-0.2, -0.15) is 5.26 Å². The van der Waals surface area contributed by atoms with E-state index in [0.717, 1.165) is 12.8 Å². The molecule has 0 spiro atoms. The molecular weight excluding hydrogens is 292 g/mol. The lowest BCUT2D eigenvalue weighted by Gasteiger charge is -2.38. The summed E-state index contributed by atoms with van der Waals surface area (Å²) < 4.78 is 5.46. The van der Waals surface area contributed by atoms with E-state index in [-0.39, 0.29) is 12.1 Å². The van der Waals surface area contributed by atoms with Crippen LogP contribution in [0, 0.1) is 11.3 Å². The SMILES string of the molecule is CN(c1ncccc1C#N)C1CCCN(C(=O)OC(C)(C)C)C1. The molecule has 0 saturated carbocycles. The van der Waals surface area contributed by atoms with Gasteiger partial charge >= 0.3 is 6.09 Å². The molecule has 1 unspecified atom stereocenters. The van der Waals surface area contributed by atoms with Crippen molar-refractivity contribution >= 4 is 11.9 Å². The summed E-state index contributed by atoms with van der Waals surface area (Å²) in [5.74, 6) is 0.658. The van der Waals surface area contributed by atoms with E-state index in [1.165, 1.54) is 0 Å². The maximum absolute atomic E-state index is 12.3. The minimum absolute atomic E-state index is 0.123. The number of carbonyl (C=O) groups excluding carboxylic acids is 1. The van der Waals surface area contributed by atoms with E-state index < -0.39 is 5.60 Å². The molecule has 0 N–H and O–H groups in total. The van der Waals surface area contributed by atoms with Crippen molar-refractivity contribution in [2.75, 3.05) is 25.0 Å². The lowest BCUT2D eigenvalue weighted by Crippen LogP contribution is -2.50. The van der Waals surface area contributed by atoms with Gasteiger partial charge in [0.1, 0.15) is 17.5 Å². The number of ether oxygens (including phenoxy) is 1. The van der Waals surface area contributed by atoms with Crippen LogP contribution in [0.2, 0.25) is 0 Å². The summed E-state index contributed by atoms with van der Waals surface area (Å²) in [5, 5.41) is 9.23. The zero-order chi connectivity index (χ0) is 17.0. The van der Waals surface area contributed by atoms with E-state index in [0.29, 0.717) is 24.5 Å². The Balaban J connectivity index is 2.09. The van der Waals surface area contributed by atoms with E-state index in [2.05, 4.69) is 11.1 Å². The van der Waals surface area contributed by atoms with Gasteiger partial charge in [-0.15, -0.1) is 0 Å². The van der Waals surface area contributed by atoms with Crippen molar-refractivity contribution in [1.82, 2.24) is 9.88 Å². The van der Waals surface area contributed by atoms with Gasteiger partial charge in [0.05, 0.1) is 5.56 Å². The highest BCUT2D eigenvalue weighted by Gasteiger charge is 2.30. The van der Waals surface area contributed by atoms with Crippen LogP contribution in [0.3, 0.4) is 0 Å². The molecule has 23 heavy (non-hydrogen) atoms. The molecule has 0 aliphatic carbocycles. The number of amides is 1. The Morgan fingerprint density at radius 3 is 2.91 bits per heavy atom. The molecular formula is C17H24N4O2. The normalized spacial score (nSPS) is 18.2. The highest BCUT2D eigenvalue weighted by atomic mass is 16.6. The fourth-order valence-corrected chi connectivity index (χ4v) is 2.70. The van der Waals surface area contributed by atoms with Gasteiger partial charge in [0, 0.05) is 32.4 Å². The molecule has 2 heterocycles. The van der Waals surface area contributed by atoms with Crippen LogP contribution in [0.4, 0.5) is 10.6 Å². The third-order valence-electron chi connectivity index (χ3n) is 3.84. The number of nitriles is 1. The van der Waals surface area contributed by atoms with Crippen molar-refractivity contribution in [3.63, 3.8) is 0 Å². The maximum atomic E-state index is 12.3. The molecule has 0 bridgehead atoms. The van der Waals surface area contributed by atoms with Crippen molar-refractivity contribution in [2.45, 2.75) is 45.3 Å². The van der Waals surface area contributed by atoms with Gasteiger partial charge in [-0.25, -0.2) is 9.78 Å². The fraction of sp³-hybridized carbons (Fsp3) is 0.588. The molecule has 2 rings (SSSR count). The topological polar surface area (TPSA) is 69.5 Å². The first-order chi connectivity index (χ1) is 10.8. The van der Waals surface area contributed by atoms with E-state index in [9.17, 15) is 10.1 Å². The van der Waals surface area contributed by atoms with Crippen LogP contribution < -0.4 is 4.90 Å². The van der Waals surface area contributed by atoms with Crippen molar-refractivity contribution in [3.8, 4) is 6.07 Å². The van der Waals surface area contributed by atoms with Gasteiger partial charge in [0.2, 0.25) is 0 Å². The average molecular weight is 316 g/mol. The number of likely N-dealkylation sites (tertiary alicyclic amines) is 1. The first-order valence-corrected chi connectivity index (χ1v) is 7.87. The Kier molecular flexibility index (Phi) is 5.09. The van der Waals surface area contributed by atoms with Crippen molar-refractivity contribution in [1.29, 1.82) is 5.26 Å². The van der Waals surface area contributed by atoms with Gasteiger partial charge in [-0.05, 0) is 45.7 Å². The number of hydrogen-bond acceptors (Lipinski definition) is 5. The molecule has 1 amide bonds. The minimum Gasteiger partial charge on any atom is -0.444 e. The maximum Gasteiger partial charge on any atom is 0.410 e. The summed E-state index contributed by atoms with van der Waals surface area (Å²) in [4.78, 5) is 20.3. The summed E-state index contributed by atoms with van der Waals surface area (Å²) in [5.41, 5.74) is 0.0506. The average Bonchev–Trinajstić information content (AvgIpc) is 2.52. The molecule has 6 nitrogen and oxygen atoms in total. The molecule has 6 heteroatoms. The first-order valence-electron chi connectivity index (χ1n) is 7.87. The third-order valence-corrected chi connectivity index (χ3v) is 3.84. The number of pyridine rings is 1. The van der Waals surface area contributed by atoms with Gasteiger partial charge in [-0.1, -0.05) is 0 Å². The number of anilines is 1. The molecule has 1 aliphatic rings. The Morgan fingerprint density at radius 2 is 2.26 bits per heavy atom. The summed E-state index contributed by atoms with van der Waals surface area (Å²) in [7, 11) is 1.92. The summed E-state index contributed by atoms with van der Waals surface area (Å²) >= 11 is 0. The number of piperidine rings is 1. The van der Waals surface area contributed by atoms with Gasteiger partial charge in [-0.3, -0.25) is 0 Å². The third kappa shape index (κ3) is 4.35. The van der Waals surface area contributed by atoms with Crippen LogP contribution in [-0.4, -0.2) is 47.8 Å². The molecule has 0 radical (unpaired) electrons. The van der Waals surface area contributed by atoms with Gasteiger partial charge in [0.15, 0.2) is 0 Å². The molecule has 124 valence electrons. The van der Waals surface area contributed by atoms with Crippen LogP contribution in [-0.2, 0) is 4.74 Å². The smallest absolute Gasteiger partial charge is 0.410 e. The largest absolute Gasteiger partial charge is 0.444 e. The number of aromatic nitrogens is 1. The van der Waals surface area contributed by atoms with Crippen LogP contribution in [0.25, 0.3) is 0 Å². The van der Waals surface area contributed by atoms with Crippen LogP contribution >= 0.6 is 0 Å². The second-order valence-electron chi connectivity index (χ2n) is 6.82. The summed E-state index contributed by atoms with van der Waals surface area (Å²) in [6.45, 7) is 6.88. The summed E-state index contributed by atoms with van der Waals surface area (Å²) in [6, 6.07) is 5.81. The minimum atomic E-state index is -0.495. The Hall–Kier alpha value is -2.29. The molecule has 1 aromatic rings. The van der Waals surface area contributed by atoms with Crippen molar-refractivity contribution in [2.24, 2.45) is 0 Å². The second-order valence-corrected chi connectivity index (χ2v) is 6.82. The van der Waals surface area contributed by atoms with Crippen LogP contribution in [0.1, 0.15) is 39.2 Å². The zero-order valence-electron chi connectivity index (χ0n) is 14.2. The predicted molar refractivity (Wildman–Crippen MR) is 88.2 cm³/mol. The van der Waals surface area contributed by atoms with Crippen LogP contribution in [0.15, 0.2) is 18.3 Å². The molecule has 1 saturated heterocycles. The van der Waals surface area contributed by atoms with Crippen LogP contribution in [0.5, 0.6) is 0 Å². The zero-order valence-corrected chi connectivity index (χ0v) is 14.2. The highest BCUT2D eigenvalue weighted by molar-refractivity contribution is 5.68.